The third kappa shape index (κ3) is 8.34. The molecule has 198 valence electrons. The van der Waals surface area contributed by atoms with E-state index < -0.39 is 0 Å². The summed E-state index contributed by atoms with van der Waals surface area (Å²) in [6.45, 7) is 12.5. The van der Waals surface area contributed by atoms with Gasteiger partial charge in [-0.1, -0.05) is 75.4 Å². The molecule has 0 saturated carbocycles. The van der Waals surface area contributed by atoms with Crippen LogP contribution in [-0.2, 0) is 29.1 Å². The second-order valence-electron chi connectivity index (χ2n) is 10.5. The largest absolute Gasteiger partial charge is 0.345 e. The fourth-order valence-electron chi connectivity index (χ4n) is 4.61. The minimum Gasteiger partial charge on any atom is -0.345 e. The van der Waals surface area contributed by atoms with Crippen molar-refractivity contribution in [3.8, 4) is 0 Å². The summed E-state index contributed by atoms with van der Waals surface area (Å²) >= 11 is 0. The van der Waals surface area contributed by atoms with Gasteiger partial charge in [0.2, 0.25) is 11.8 Å². The highest BCUT2D eigenvalue weighted by molar-refractivity contribution is 5.85. The number of carbonyl (C=O) groups excluding carboxylic acids is 2. The lowest BCUT2D eigenvalue weighted by molar-refractivity contribution is -0.142. The Bertz CT molecular complexity index is 1140. The number of rotatable bonds is 13. The molecule has 1 heterocycles. The highest BCUT2D eigenvalue weighted by atomic mass is 16.2. The van der Waals surface area contributed by atoms with Gasteiger partial charge in [0, 0.05) is 37.4 Å². The maximum Gasteiger partial charge on any atom is 0.242 e. The van der Waals surface area contributed by atoms with Gasteiger partial charge in [-0.3, -0.25) is 9.59 Å². The van der Waals surface area contributed by atoms with Crippen LogP contribution in [0.2, 0.25) is 0 Å². The predicted molar refractivity (Wildman–Crippen MR) is 151 cm³/mol. The molecule has 3 rings (SSSR count). The van der Waals surface area contributed by atoms with Crippen molar-refractivity contribution in [3.63, 3.8) is 0 Å². The molecule has 2 amide bonds. The van der Waals surface area contributed by atoms with Crippen LogP contribution in [0, 0.1) is 12.8 Å². The van der Waals surface area contributed by atoms with Gasteiger partial charge < -0.3 is 14.4 Å². The van der Waals surface area contributed by atoms with E-state index in [2.05, 4.69) is 75.7 Å². The van der Waals surface area contributed by atoms with Crippen LogP contribution in [0.1, 0.15) is 62.9 Å². The summed E-state index contributed by atoms with van der Waals surface area (Å²) in [5.41, 5.74) is 4.77. The summed E-state index contributed by atoms with van der Waals surface area (Å²) < 4.78 is 2.22. The van der Waals surface area contributed by atoms with Gasteiger partial charge in [0.05, 0.1) is 13.1 Å². The van der Waals surface area contributed by atoms with Gasteiger partial charge in [0.25, 0.3) is 0 Å². The molecule has 37 heavy (non-hydrogen) atoms. The molecular weight excluding hydrogens is 458 g/mol. The lowest BCUT2D eigenvalue weighted by atomic mass is 10.1. The van der Waals surface area contributed by atoms with Gasteiger partial charge in [-0.25, -0.2) is 0 Å². The topological polar surface area (TPSA) is 45.6 Å². The summed E-state index contributed by atoms with van der Waals surface area (Å²) in [5.74, 6) is 0.335. The molecule has 0 aliphatic heterocycles. The second kappa shape index (κ2) is 13.8. The number of nitrogens with zero attached hydrogens (tertiary/aromatic N) is 3. The Labute approximate surface area is 223 Å². The standard InChI is InChI=1S/C32H43N3O2/c1-6-27(5)35(23-30-17-12-20-33(30)22-29-16-11-10-13-26(29)4)32(37)24-34(21-25(2)3)31(36)19-18-28-14-8-7-9-15-28/h7-17,20,25,27H,6,18-19,21-24H2,1-5H3. The Balaban J connectivity index is 1.72. The Morgan fingerprint density at radius 1 is 0.892 bits per heavy atom. The summed E-state index contributed by atoms with van der Waals surface area (Å²) in [4.78, 5) is 30.6. The molecule has 0 aliphatic rings. The molecule has 5 nitrogen and oxygen atoms in total. The SMILES string of the molecule is CCC(C)N(Cc1cccn1Cc1ccccc1C)C(=O)CN(CC(C)C)C(=O)CCc1ccccc1. The predicted octanol–water partition coefficient (Wildman–Crippen LogP) is 6.09. The molecule has 0 radical (unpaired) electrons. The number of aryl methyl sites for hydroxylation is 2. The summed E-state index contributed by atoms with van der Waals surface area (Å²) in [6, 6.07) is 22.7. The first kappa shape index (κ1) is 28.2. The first-order chi connectivity index (χ1) is 17.8. The average Bonchev–Trinajstić information content (AvgIpc) is 3.33. The van der Waals surface area contributed by atoms with Crippen molar-refractivity contribution in [2.24, 2.45) is 5.92 Å². The van der Waals surface area contributed by atoms with Crippen molar-refractivity contribution in [2.45, 2.75) is 73.0 Å². The Kier molecular flexibility index (Phi) is 10.6. The number of hydrogen-bond donors (Lipinski definition) is 0. The quantitative estimate of drug-likeness (QED) is 0.285. The Morgan fingerprint density at radius 2 is 1.59 bits per heavy atom. The first-order valence-corrected chi connectivity index (χ1v) is 13.6. The number of hydrogen-bond acceptors (Lipinski definition) is 2. The van der Waals surface area contributed by atoms with E-state index in [1.165, 1.54) is 11.1 Å². The molecule has 0 bridgehead atoms. The highest BCUT2D eigenvalue weighted by Gasteiger charge is 2.25. The monoisotopic (exact) mass is 501 g/mol. The number of amides is 2. The second-order valence-corrected chi connectivity index (χ2v) is 10.5. The van der Waals surface area contributed by atoms with Crippen molar-refractivity contribution in [2.75, 3.05) is 13.1 Å². The molecule has 5 heteroatoms. The molecule has 1 unspecified atom stereocenters. The van der Waals surface area contributed by atoms with Gasteiger partial charge in [0.15, 0.2) is 0 Å². The van der Waals surface area contributed by atoms with Crippen molar-refractivity contribution in [1.82, 2.24) is 14.4 Å². The molecule has 0 aliphatic carbocycles. The fraction of sp³-hybridized carbons (Fsp3) is 0.438. The van der Waals surface area contributed by atoms with Crippen LogP contribution in [0.4, 0.5) is 0 Å². The highest BCUT2D eigenvalue weighted by Crippen LogP contribution is 2.17. The lowest BCUT2D eigenvalue weighted by Crippen LogP contribution is -2.47. The molecule has 0 fully saturated rings. The van der Waals surface area contributed by atoms with Crippen LogP contribution in [-0.4, -0.2) is 45.3 Å². The first-order valence-electron chi connectivity index (χ1n) is 13.6. The summed E-state index contributed by atoms with van der Waals surface area (Å²) in [7, 11) is 0. The van der Waals surface area contributed by atoms with E-state index >= 15 is 0 Å². The van der Waals surface area contributed by atoms with E-state index in [1.807, 2.05) is 41.3 Å². The maximum atomic E-state index is 13.7. The minimum atomic E-state index is 0.00621. The van der Waals surface area contributed by atoms with Gasteiger partial charge in [0.1, 0.15) is 0 Å². The van der Waals surface area contributed by atoms with Crippen molar-refractivity contribution >= 4 is 11.8 Å². The van der Waals surface area contributed by atoms with Gasteiger partial charge >= 0.3 is 0 Å². The maximum absolute atomic E-state index is 13.7. The zero-order valence-corrected chi connectivity index (χ0v) is 23.2. The molecular formula is C32H43N3O2. The van der Waals surface area contributed by atoms with Crippen molar-refractivity contribution in [1.29, 1.82) is 0 Å². The Morgan fingerprint density at radius 3 is 2.27 bits per heavy atom. The van der Waals surface area contributed by atoms with E-state index in [1.54, 1.807) is 4.90 Å². The van der Waals surface area contributed by atoms with Crippen LogP contribution in [0.3, 0.4) is 0 Å². The summed E-state index contributed by atoms with van der Waals surface area (Å²) in [6.07, 6.45) is 4.03. The van der Waals surface area contributed by atoms with E-state index in [0.717, 1.165) is 24.2 Å². The molecule has 0 saturated heterocycles. The molecule has 2 aromatic carbocycles. The Hall–Kier alpha value is -3.34. The third-order valence-electron chi connectivity index (χ3n) is 7.04. The molecule has 1 atom stereocenters. The normalized spacial score (nSPS) is 11.9. The van der Waals surface area contributed by atoms with E-state index in [9.17, 15) is 9.59 Å². The van der Waals surface area contributed by atoms with Crippen LogP contribution >= 0.6 is 0 Å². The van der Waals surface area contributed by atoms with Gasteiger partial charge in [-0.05, 0) is 61.4 Å². The summed E-state index contributed by atoms with van der Waals surface area (Å²) in [5, 5.41) is 0. The number of carbonyl (C=O) groups is 2. The van der Waals surface area contributed by atoms with E-state index in [-0.39, 0.29) is 30.3 Å². The van der Waals surface area contributed by atoms with Crippen molar-refractivity contribution in [3.05, 3.63) is 95.3 Å². The van der Waals surface area contributed by atoms with E-state index in [0.29, 0.717) is 25.9 Å². The minimum absolute atomic E-state index is 0.00621. The third-order valence-corrected chi connectivity index (χ3v) is 7.04. The van der Waals surface area contributed by atoms with Gasteiger partial charge in [-0.2, -0.15) is 0 Å². The number of benzene rings is 2. The van der Waals surface area contributed by atoms with Crippen LogP contribution in [0.5, 0.6) is 0 Å². The van der Waals surface area contributed by atoms with Crippen molar-refractivity contribution < 1.29 is 9.59 Å². The molecule has 1 aromatic heterocycles. The molecule has 3 aromatic rings. The molecule has 0 spiro atoms. The van der Waals surface area contributed by atoms with Gasteiger partial charge in [-0.15, -0.1) is 0 Å². The average molecular weight is 502 g/mol. The number of aromatic nitrogens is 1. The van der Waals surface area contributed by atoms with Crippen LogP contribution in [0.15, 0.2) is 72.9 Å². The van der Waals surface area contributed by atoms with Crippen LogP contribution in [0.25, 0.3) is 0 Å². The van der Waals surface area contributed by atoms with Crippen LogP contribution < -0.4 is 0 Å². The van der Waals surface area contributed by atoms with E-state index in [4.69, 9.17) is 0 Å². The zero-order valence-electron chi connectivity index (χ0n) is 23.2. The smallest absolute Gasteiger partial charge is 0.242 e. The fourth-order valence-corrected chi connectivity index (χ4v) is 4.61. The zero-order chi connectivity index (χ0) is 26.8. The molecule has 0 N–H and O–H groups in total. The lowest BCUT2D eigenvalue weighted by Gasteiger charge is -2.32.